The van der Waals surface area contributed by atoms with Gasteiger partial charge in [-0.15, -0.1) is 0 Å². The van der Waals surface area contributed by atoms with Gasteiger partial charge in [-0.2, -0.15) is 0 Å². The highest BCUT2D eigenvalue weighted by Crippen LogP contribution is 2.33. The molecule has 68 valence electrons. The van der Waals surface area contributed by atoms with Crippen molar-refractivity contribution in [1.29, 1.82) is 0 Å². The van der Waals surface area contributed by atoms with Crippen LogP contribution in [0.25, 0.3) is 0 Å². The summed E-state index contributed by atoms with van der Waals surface area (Å²) in [5.41, 5.74) is 1.27. The van der Waals surface area contributed by atoms with Crippen LogP contribution in [0.2, 0.25) is 0 Å². The van der Waals surface area contributed by atoms with Crippen LogP contribution in [-0.4, -0.2) is 22.9 Å². The van der Waals surface area contributed by atoms with Gasteiger partial charge in [-0.1, -0.05) is 18.2 Å². The molecule has 4 heteroatoms. The van der Waals surface area contributed by atoms with Gasteiger partial charge < -0.3 is 10.2 Å². The lowest BCUT2D eigenvalue weighted by Gasteiger charge is -2.11. The number of anilines is 1. The van der Waals surface area contributed by atoms with E-state index < -0.39 is 12.2 Å². The summed E-state index contributed by atoms with van der Waals surface area (Å²) in [6.07, 6.45) is -1.71. The molecule has 1 atom stereocenters. The summed E-state index contributed by atoms with van der Waals surface area (Å²) in [6.45, 7) is 0.134. The molecular formula is C9H9NO3. The zero-order valence-electron chi connectivity index (χ0n) is 6.84. The second kappa shape index (κ2) is 2.74. The summed E-state index contributed by atoms with van der Waals surface area (Å²) in [5.74, 6) is 0. The van der Waals surface area contributed by atoms with Crippen molar-refractivity contribution in [2.45, 2.75) is 6.10 Å². The summed E-state index contributed by atoms with van der Waals surface area (Å²) < 4.78 is 0. The second-order valence-corrected chi connectivity index (χ2v) is 2.97. The molecular weight excluding hydrogens is 170 g/mol. The monoisotopic (exact) mass is 179 g/mol. The van der Waals surface area contributed by atoms with Crippen molar-refractivity contribution in [3.05, 3.63) is 29.8 Å². The van der Waals surface area contributed by atoms with Crippen LogP contribution in [0.5, 0.6) is 0 Å². The Morgan fingerprint density at radius 1 is 1.46 bits per heavy atom. The Bertz CT molecular complexity index is 350. The molecule has 0 saturated heterocycles. The maximum atomic E-state index is 10.7. The predicted molar refractivity (Wildman–Crippen MR) is 46.8 cm³/mol. The minimum Gasteiger partial charge on any atom is -0.465 e. The predicted octanol–water partition coefficient (Wildman–Crippen LogP) is 1.22. The van der Waals surface area contributed by atoms with Crippen molar-refractivity contribution in [3.63, 3.8) is 0 Å². The van der Waals surface area contributed by atoms with Crippen LogP contribution in [0.1, 0.15) is 11.7 Å². The van der Waals surface area contributed by atoms with Crippen LogP contribution in [0.15, 0.2) is 24.3 Å². The third-order valence-electron chi connectivity index (χ3n) is 2.17. The molecule has 1 heterocycles. The number of hydrogen-bond acceptors (Lipinski definition) is 2. The Balaban J connectivity index is 2.47. The fourth-order valence-electron chi connectivity index (χ4n) is 1.57. The molecule has 1 amide bonds. The highest BCUT2D eigenvalue weighted by Gasteiger charge is 2.30. The largest absolute Gasteiger partial charge is 0.465 e. The number of carbonyl (C=O) groups is 1. The van der Waals surface area contributed by atoms with Gasteiger partial charge in [-0.3, -0.25) is 4.90 Å². The van der Waals surface area contributed by atoms with Gasteiger partial charge in [-0.25, -0.2) is 4.79 Å². The Morgan fingerprint density at radius 2 is 2.15 bits per heavy atom. The van der Waals surface area contributed by atoms with Crippen molar-refractivity contribution < 1.29 is 15.0 Å². The molecule has 0 bridgehead atoms. The first-order valence-electron chi connectivity index (χ1n) is 3.97. The number of carboxylic acid groups (broad SMARTS) is 1. The minimum atomic E-state index is -1.02. The SMILES string of the molecule is O=C(O)N1CC(O)c2ccccc21. The topological polar surface area (TPSA) is 60.8 Å². The first-order valence-corrected chi connectivity index (χ1v) is 3.97. The van der Waals surface area contributed by atoms with E-state index >= 15 is 0 Å². The maximum Gasteiger partial charge on any atom is 0.411 e. The number of aliphatic hydroxyl groups excluding tert-OH is 1. The van der Waals surface area contributed by atoms with E-state index in [9.17, 15) is 9.90 Å². The van der Waals surface area contributed by atoms with Crippen molar-refractivity contribution >= 4 is 11.8 Å². The molecule has 0 saturated carbocycles. The number of amides is 1. The standard InChI is InChI=1S/C9H9NO3/c11-8-5-10(9(12)13)7-4-2-1-3-6(7)8/h1-4,8,11H,5H2,(H,12,13). The molecule has 1 aliphatic rings. The number of para-hydroxylation sites is 1. The first kappa shape index (κ1) is 8.07. The van der Waals surface area contributed by atoms with Crippen LogP contribution < -0.4 is 4.90 Å². The molecule has 1 unspecified atom stereocenters. The lowest BCUT2D eigenvalue weighted by atomic mass is 10.1. The lowest BCUT2D eigenvalue weighted by Crippen LogP contribution is -2.27. The quantitative estimate of drug-likeness (QED) is 0.629. The Morgan fingerprint density at radius 3 is 2.85 bits per heavy atom. The number of nitrogens with zero attached hydrogens (tertiary/aromatic N) is 1. The van der Waals surface area contributed by atoms with Gasteiger partial charge in [0.2, 0.25) is 0 Å². The average Bonchev–Trinajstić information content (AvgIpc) is 2.45. The average molecular weight is 179 g/mol. The van der Waals surface area contributed by atoms with E-state index in [1.165, 1.54) is 0 Å². The van der Waals surface area contributed by atoms with Gasteiger partial charge in [0.1, 0.15) is 0 Å². The fourth-order valence-corrected chi connectivity index (χ4v) is 1.57. The summed E-state index contributed by atoms with van der Waals surface area (Å²) in [4.78, 5) is 11.9. The van der Waals surface area contributed by atoms with E-state index in [1.54, 1.807) is 24.3 Å². The number of hydrogen-bond donors (Lipinski definition) is 2. The van der Waals surface area contributed by atoms with Gasteiger partial charge in [0, 0.05) is 5.56 Å². The van der Waals surface area contributed by atoms with E-state index in [0.29, 0.717) is 11.3 Å². The Labute approximate surface area is 75.0 Å². The van der Waals surface area contributed by atoms with E-state index in [1.807, 2.05) is 0 Å². The molecule has 0 spiro atoms. The highest BCUT2D eigenvalue weighted by molar-refractivity contribution is 5.89. The third kappa shape index (κ3) is 1.15. The molecule has 0 radical (unpaired) electrons. The zero-order chi connectivity index (χ0) is 9.42. The van der Waals surface area contributed by atoms with Crippen molar-refractivity contribution in [2.24, 2.45) is 0 Å². The van der Waals surface area contributed by atoms with Gasteiger partial charge >= 0.3 is 6.09 Å². The normalized spacial score (nSPS) is 20.1. The fraction of sp³-hybridized carbons (Fsp3) is 0.222. The molecule has 4 nitrogen and oxygen atoms in total. The highest BCUT2D eigenvalue weighted by atomic mass is 16.4. The van der Waals surface area contributed by atoms with E-state index in [-0.39, 0.29) is 6.54 Å². The molecule has 2 N–H and O–H groups in total. The van der Waals surface area contributed by atoms with E-state index in [4.69, 9.17) is 5.11 Å². The van der Waals surface area contributed by atoms with Gasteiger partial charge in [0.05, 0.1) is 18.3 Å². The summed E-state index contributed by atoms with van der Waals surface area (Å²) in [6, 6.07) is 6.98. The number of fused-ring (bicyclic) bond motifs is 1. The molecule has 0 fully saturated rings. The maximum absolute atomic E-state index is 10.7. The second-order valence-electron chi connectivity index (χ2n) is 2.97. The molecule has 1 aromatic carbocycles. The number of aliphatic hydroxyl groups is 1. The lowest BCUT2D eigenvalue weighted by molar-refractivity contribution is 0.180. The van der Waals surface area contributed by atoms with Crippen molar-refractivity contribution in [2.75, 3.05) is 11.4 Å². The van der Waals surface area contributed by atoms with Crippen LogP contribution in [0, 0.1) is 0 Å². The molecule has 1 aliphatic heterocycles. The van der Waals surface area contributed by atoms with E-state index in [0.717, 1.165) is 4.90 Å². The summed E-state index contributed by atoms with van der Waals surface area (Å²) in [5, 5.41) is 18.3. The molecule has 1 aromatic rings. The number of benzene rings is 1. The van der Waals surface area contributed by atoms with Crippen LogP contribution in [0.4, 0.5) is 10.5 Å². The Hall–Kier alpha value is -1.55. The zero-order valence-corrected chi connectivity index (χ0v) is 6.84. The molecule has 13 heavy (non-hydrogen) atoms. The van der Waals surface area contributed by atoms with Gasteiger partial charge in [0.15, 0.2) is 0 Å². The summed E-state index contributed by atoms with van der Waals surface area (Å²) >= 11 is 0. The number of rotatable bonds is 0. The molecule has 0 aliphatic carbocycles. The van der Waals surface area contributed by atoms with Crippen LogP contribution >= 0.6 is 0 Å². The summed E-state index contributed by atoms with van der Waals surface area (Å²) in [7, 11) is 0. The van der Waals surface area contributed by atoms with Crippen LogP contribution in [-0.2, 0) is 0 Å². The minimum absolute atomic E-state index is 0.134. The van der Waals surface area contributed by atoms with Crippen molar-refractivity contribution in [1.82, 2.24) is 0 Å². The molecule has 0 aromatic heterocycles. The van der Waals surface area contributed by atoms with Crippen molar-refractivity contribution in [3.8, 4) is 0 Å². The molecule has 2 rings (SSSR count). The van der Waals surface area contributed by atoms with Crippen LogP contribution in [0.3, 0.4) is 0 Å². The van der Waals surface area contributed by atoms with Gasteiger partial charge in [-0.05, 0) is 6.07 Å². The van der Waals surface area contributed by atoms with Gasteiger partial charge in [0.25, 0.3) is 0 Å². The smallest absolute Gasteiger partial charge is 0.411 e. The Kier molecular flexibility index (Phi) is 1.70. The third-order valence-corrected chi connectivity index (χ3v) is 2.17. The van der Waals surface area contributed by atoms with E-state index in [2.05, 4.69) is 0 Å². The number of β-amino-alcohol motifs (C(OH)–C–C–N with tert-alkyl or cyclic N) is 1. The first-order chi connectivity index (χ1) is 6.20.